The van der Waals surface area contributed by atoms with E-state index in [9.17, 15) is 18.3 Å². The first-order valence-corrected chi connectivity index (χ1v) is 6.32. The van der Waals surface area contributed by atoms with Crippen molar-refractivity contribution >= 4 is 0 Å². The van der Waals surface area contributed by atoms with Crippen LogP contribution in [0.3, 0.4) is 0 Å². The molecule has 0 aromatic heterocycles. The van der Waals surface area contributed by atoms with Crippen molar-refractivity contribution in [2.24, 2.45) is 5.92 Å². The number of rotatable bonds is 7. The fourth-order valence-corrected chi connectivity index (χ4v) is 2.00. The van der Waals surface area contributed by atoms with Gasteiger partial charge in [-0.3, -0.25) is 0 Å². The van der Waals surface area contributed by atoms with Crippen LogP contribution in [0.2, 0.25) is 0 Å². The molecule has 0 aliphatic carbocycles. The molecular weight excluding hydrogens is 273 g/mol. The van der Waals surface area contributed by atoms with Crippen molar-refractivity contribution in [1.29, 1.82) is 0 Å². The number of benzene rings is 1. The molecule has 3 nitrogen and oxygen atoms in total. The lowest BCUT2D eigenvalue weighted by Crippen LogP contribution is -2.18. The Bertz CT molecular complexity index is 390. The highest BCUT2D eigenvalue weighted by Crippen LogP contribution is 2.23. The molecule has 1 rings (SSSR count). The summed E-state index contributed by atoms with van der Waals surface area (Å²) >= 11 is 0. The smallest absolute Gasteiger partial charge is 0.406 e. The monoisotopic (exact) mass is 292 g/mol. The minimum absolute atomic E-state index is 0.225. The summed E-state index contributed by atoms with van der Waals surface area (Å²) in [6, 6.07) is 5.53. The fraction of sp³-hybridized carbons (Fsp3) is 0.571. The topological polar surface area (TPSA) is 38.7 Å². The number of aliphatic hydroxyl groups excluding tert-OH is 1. The molecule has 1 aromatic carbocycles. The molecule has 6 heteroatoms. The molecule has 0 fully saturated rings. The Labute approximate surface area is 116 Å². The highest BCUT2D eigenvalue weighted by atomic mass is 19.4. The van der Waals surface area contributed by atoms with E-state index in [2.05, 4.69) is 4.74 Å². The maximum absolute atomic E-state index is 12.0. The fourth-order valence-electron chi connectivity index (χ4n) is 2.00. The Morgan fingerprint density at radius 2 is 1.80 bits per heavy atom. The zero-order valence-corrected chi connectivity index (χ0v) is 11.5. The number of ether oxygens (including phenoxy) is 2. The highest BCUT2D eigenvalue weighted by Gasteiger charge is 2.30. The second-order valence-electron chi connectivity index (χ2n) is 4.85. The summed E-state index contributed by atoms with van der Waals surface area (Å²) in [4.78, 5) is 0. The molecular formula is C14H19F3O3. The molecule has 0 aliphatic rings. The van der Waals surface area contributed by atoms with Crippen molar-refractivity contribution in [1.82, 2.24) is 0 Å². The molecule has 0 spiro atoms. The molecule has 0 radical (unpaired) electrons. The lowest BCUT2D eigenvalue weighted by molar-refractivity contribution is -0.274. The van der Waals surface area contributed by atoms with Crippen molar-refractivity contribution < 1.29 is 27.8 Å². The van der Waals surface area contributed by atoms with Gasteiger partial charge < -0.3 is 14.6 Å². The molecule has 114 valence electrons. The number of methoxy groups -OCH3 is 1. The Hall–Kier alpha value is -1.27. The van der Waals surface area contributed by atoms with Crippen molar-refractivity contribution in [2.45, 2.75) is 32.2 Å². The van der Waals surface area contributed by atoms with E-state index < -0.39 is 12.5 Å². The summed E-state index contributed by atoms with van der Waals surface area (Å²) in [6.07, 6.45) is -4.26. The van der Waals surface area contributed by atoms with Crippen LogP contribution in [0.25, 0.3) is 0 Å². The quantitative estimate of drug-likeness (QED) is 0.839. The largest absolute Gasteiger partial charge is 0.573 e. The number of halogens is 3. The predicted molar refractivity (Wildman–Crippen MR) is 68.5 cm³/mol. The summed E-state index contributed by atoms with van der Waals surface area (Å²) in [5.41, 5.74) is 0.761. The van der Waals surface area contributed by atoms with Gasteiger partial charge in [0.1, 0.15) is 5.75 Å². The number of hydrogen-bond donors (Lipinski definition) is 1. The van der Waals surface area contributed by atoms with Crippen molar-refractivity contribution in [3.05, 3.63) is 29.8 Å². The van der Waals surface area contributed by atoms with E-state index in [1.807, 2.05) is 6.92 Å². The average Bonchev–Trinajstić information content (AvgIpc) is 2.30. The molecule has 20 heavy (non-hydrogen) atoms. The zero-order chi connectivity index (χ0) is 15.2. The lowest BCUT2D eigenvalue weighted by atomic mass is 9.99. The van der Waals surface area contributed by atoms with Gasteiger partial charge in [-0.15, -0.1) is 13.2 Å². The second kappa shape index (κ2) is 7.50. The van der Waals surface area contributed by atoms with Gasteiger partial charge in [0.2, 0.25) is 0 Å². The van der Waals surface area contributed by atoms with Crippen molar-refractivity contribution in [2.75, 3.05) is 13.7 Å². The van der Waals surface area contributed by atoms with E-state index in [0.717, 1.165) is 5.56 Å². The Balaban J connectivity index is 2.48. The summed E-state index contributed by atoms with van der Waals surface area (Å²) in [7, 11) is 1.60. The van der Waals surface area contributed by atoms with Gasteiger partial charge in [0, 0.05) is 13.7 Å². The van der Waals surface area contributed by atoms with Gasteiger partial charge in [-0.2, -0.15) is 0 Å². The minimum Gasteiger partial charge on any atom is -0.406 e. The summed E-state index contributed by atoms with van der Waals surface area (Å²) in [6.45, 7) is 2.53. The van der Waals surface area contributed by atoms with E-state index in [4.69, 9.17) is 4.74 Å². The van der Waals surface area contributed by atoms with Gasteiger partial charge in [0.25, 0.3) is 0 Å². The molecule has 2 atom stereocenters. The van der Waals surface area contributed by atoms with Crippen LogP contribution in [-0.2, 0) is 11.2 Å². The third-order valence-electron chi connectivity index (χ3n) is 2.75. The molecule has 0 saturated carbocycles. The van der Waals surface area contributed by atoms with Gasteiger partial charge in [-0.05, 0) is 36.5 Å². The zero-order valence-electron chi connectivity index (χ0n) is 11.5. The van der Waals surface area contributed by atoms with Crippen LogP contribution >= 0.6 is 0 Å². The van der Waals surface area contributed by atoms with Gasteiger partial charge >= 0.3 is 6.36 Å². The summed E-state index contributed by atoms with van der Waals surface area (Å²) in [5.74, 6) is -0.0358. The van der Waals surface area contributed by atoms with Crippen LogP contribution in [-0.4, -0.2) is 31.3 Å². The van der Waals surface area contributed by atoms with Crippen LogP contribution in [0.5, 0.6) is 5.75 Å². The molecule has 2 unspecified atom stereocenters. The number of aliphatic hydroxyl groups is 1. The molecule has 0 bridgehead atoms. The maximum atomic E-state index is 12.0. The van der Waals surface area contributed by atoms with Crippen molar-refractivity contribution in [3.63, 3.8) is 0 Å². The number of alkyl halides is 3. The van der Waals surface area contributed by atoms with Gasteiger partial charge in [0.15, 0.2) is 0 Å². The van der Waals surface area contributed by atoms with Crippen LogP contribution in [0.15, 0.2) is 24.3 Å². The van der Waals surface area contributed by atoms with E-state index in [1.165, 1.54) is 24.3 Å². The van der Waals surface area contributed by atoms with Gasteiger partial charge in [-0.25, -0.2) is 0 Å². The van der Waals surface area contributed by atoms with E-state index in [0.29, 0.717) is 19.4 Å². The highest BCUT2D eigenvalue weighted by molar-refractivity contribution is 5.27. The number of hydrogen-bond acceptors (Lipinski definition) is 3. The van der Waals surface area contributed by atoms with E-state index in [-0.39, 0.29) is 11.7 Å². The summed E-state index contributed by atoms with van der Waals surface area (Å²) < 4.78 is 44.7. The van der Waals surface area contributed by atoms with E-state index >= 15 is 0 Å². The standard InChI is InChI=1S/C14H19F3O3/c1-10(9-19-2)7-12(18)8-11-3-5-13(6-4-11)20-14(15,16)17/h3-6,10,12,18H,7-9H2,1-2H3. The molecule has 1 aromatic rings. The first-order valence-electron chi connectivity index (χ1n) is 6.32. The second-order valence-corrected chi connectivity index (χ2v) is 4.85. The Morgan fingerprint density at radius 3 is 2.30 bits per heavy atom. The molecule has 0 aliphatic heterocycles. The molecule has 1 N–H and O–H groups in total. The lowest BCUT2D eigenvalue weighted by Gasteiger charge is -2.16. The molecule has 0 heterocycles. The van der Waals surface area contributed by atoms with Crippen LogP contribution in [0.4, 0.5) is 13.2 Å². The van der Waals surface area contributed by atoms with Crippen LogP contribution in [0, 0.1) is 5.92 Å². The third kappa shape index (κ3) is 6.77. The first kappa shape index (κ1) is 16.8. The molecule has 0 saturated heterocycles. The Kier molecular flexibility index (Phi) is 6.29. The van der Waals surface area contributed by atoms with Crippen LogP contribution < -0.4 is 4.74 Å². The third-order valence-corrected chi connectivity index (χ3v) is 2.75. The molecule has 0 amide bonds. The SMILES string of the molecule is COCC(C)CC(O)Cc1ccc(OC(F)(F)F)cc1. The van der Waals surface area contributed by atoms with Crippen LogP contribution in [0.1, 0.15) is 18.9 Å². The Morgan fingerprint density at radius 1 is 1.20 bits per heavy atom. The first-order chi connectivity index (χ1) is 9.30. The summed E-state index contributed by atoms with van der Waals surface area (Å²) in [5, 5.41) is 9.89. The van der Waals surface area contributed by atoms with Gasteiger partial charge in [0.05, 0.1) is 6.10 Å². The van der Waals surface area contributed by atoms with Gasteiger partial charge in [-0.1, -0.05) is 19.1 Å². The normalized spacial score (nSPS) is 14.9. The predicted octanol–water partition coefficient (Wildman–Crippen LogP) is 3.16. The minimum atomic E-state index is -4.68. The van der Waals surface area contributed by atoms with E-state index in [1.54, 1.807) is 7.11 Å². The average molecular weight is 292 g/mol. The maximum Gasteiger partial charge on any atom is 0.573 e. The van der Waals surface area contributed by atoms with Crippen molar-refractivity contribution in [3.8, 4) is 5.75 Å².